The summed E-state index contributed by atoms with van der Waals surface area (Å²) in [6.45, 7) is 3.43. The molecule has 2 atom stereocenters. The molecule has 1 fully saturated rings. The molecule has 116 valence electrons. The van der Waals surface area contributed by atoms with E-state index < -0.39 is 17.7 Å². The van der Waals surface area contributed by atoms with Gasteiger partial charge in [-0.05, 0) is 19.1 Å². The van der Waals surface area contributed by atoms with E-state index in [9.17, 15) is 13.6 Å². The fourth-order valence-corrected chi connectivity index (χ4v) is 2.43. The van der Waals surface area contributed by atoms with Crippen LogP contribution in [0.5, 0.6) is 0 Å². The van der Waals surface area contributed by atoms with Crippen LogP contribution < -0.4 is 5.32 Å². The molecule has 1 N–H and O–H groups in total. The molecule has 1 heterocycles. The van der Waals surface area contributed by atoms with Gasteiger partial charge in [-0.3, -0.25) is 4.79 Å². The second kappa shape index (κ2) is 6.95. The second-order valence-electron chi connectivity index (χ2n) is 5.25. The van der Waals surface area contributed by atoms with Crippen molar-refractivity contribution in [1.29, 1.82) is 0 Å². The highest BCUT2D eigenvalue weighted by Crippen LogP contribution is 2.25. The first-order chi connectivity index (χ1) is 10.0. The summed E-state index contributed by atoms with van der Waals surface area (Å²) in [5, 5.41) is 3.19. The fourth-order valence-electron chi connectivity index (χ4n) is 2.43. The molecule has 4 nitrogen and oxygen atoms in total. The number of morpholine rings is 1. The van der Waals surface area contributed by atoms with Gasteiger partial charge in [0.25, 0.3) is 0 Å². The van der Waals surface area contributed by atoms with Gasteiger partial charge >= 0.3 is 0 Å². The average molecular weight is 298 g/mol. The molecule has 2 unspecified atom stereocenters. The van der Waals surface area contributed by atoms with Crippen LogP contribution in [0.2, 0.25) is 0 Å². The Morgan fingerprint density at radius 3 is 2.71 bits per heavy atom. The van der Waals surface area contributed by atoms with E-state index in [2.05, 4.69) is 5.32 Å². The Hall–Kier alpha value is -1.53. The van der Waals surface area contributed by atoms with Crippen LogP contribution in [-0.2, 0) is 9.53 Å². The van der Waals surface area contributed by atoms with Gasteiger partial charge in [0.1, 0.15) is 11.6 Å². The first-order valence-corrected chi connectivity index (χ1v) is 7.01. The van der Waals surface area contributed by atoms with Gasteiger partial charge in [0.15, 0.2) is 0 Å². The summed E-state index contributed by atoms with van der Waals surface area (Å²) < 4.78 is 32.8. The van der Waals surface area contributed by atoms with E-state index in [0.29, 0.717) is 19.8 Å². The van der Waals surface area contributed by atoms with Gasteiger partial charge in [0, 0.05) is 31.6 Å². The molecule has 1 saturated heterocycles. The second-order valence-corrected chi connectivity index (χ2v) is 5.25. The maximum atomic E-state index is 13.8. The Bertz CT molecular complexity index is 484. The standard InChI is InChI=1S/C15H20F2N2O2/c1-10(15-12(16)4-3-5-13(15)17)19(2)14(20)8-11-9-21-7-6-18-11/h3-5,10-11,18H,6-9H2,1-2H3. The number of ether oxygens (including phenoxy) is 1. The summed E-state index contributed by atoms with van der Waals surface area (Å²) in [5.41, 5.74) is -0.0822. The van der Waals surface area contributed by atoms with Gasteiger partial charge in [-0.15, -0.1) is 0 Å². The minimum atomic E-state index is -0.664. The summed E-state index contributed by atoms with van der Waals surface area (Å²) in [5.74, 6) is -1.45. The predicted molar refractivity (Wildman–Crippen MR) is 74.8 cm³/mol. The number of hydrogen-bond acceptors (Lipinski definition) is 3. The van der Waals surface area contributed by atoms with Crippen LogP contribution in [0.4, 0.5) is 8.78 Å². The summed E-state index contributed by atoms with van der Waals surface area (Å²) in [6.07, 6.45) is 0.247. The summed E-state index contributed by atoms with van der Waals surface area (Å²) in [6, 6.07) is 2.99. The summed E-state index contributed by atoms with van der Waals surface area (Å²) in [7, 11) is 1.56. The lowest BCUT2D eigenvalue weighted by Gasteiger charge is -2.29. The van der Waals surface area contributed by atoms with Gasteiger partial charge < -0.3 is 15.0 Å². The summed E-state index contributed by atoms with van der Waals surface area (Å²) in [4.78, 5) is 13.6. The Balaban J connectivity index is 2.04. The molecule has 1 aromatic carbocycles. The molecule has 0 aliphatic carbocycles. The van der Waals surface area contributed by atoms with Gasteiger partial charge in [-0.25, -0.2) is 8.78 Å². The Morgan fingerprint density at radius 1 is 1.48 bits per heavy atom. The smallest absolute Gasteiger partial charge is 0.224 e. The van der Waals surface area contributed by atoms with Crippen molar-refractivity contribution in [2.24, 2.45) is 0 Å². The van der Waals surface area contributed by atoms with E-state index in [0.717, 1.165) is 0 Å². The van der Waals surface area contributed by atoms with Crippen molar-refractivity contribution in [3.63, 3.8) is 0 Å². The van der Waals surface area contributed by atoms with Crippen molar-refractivity contribution in [3.8, 4) is 0 Å². The van der Waals surface area contributed by atoms with E-state index in [1.165, 1.54) is 23.1 Å². The number of nitrogens with zero attached hydrogens (tertiary/aromatic N) is 1. The van der Waals surface area contributed by atoms with Gasteiger partial charge in [0.2, 0.25) is 5.91 Å². The topological polar surface area (TPSA) is 41.6 Å². The molecule has 1 amide bonds. The van der Waals surface area contributed by atoms with Crippen molar-refractivity contribution >= 4 is 5.91 Å². The van der Waals surface area contributed by atoms with Crippen LogP contribution in [0.1, 0.15) is 24.9 Å². The number of nitrogens with one attached hydrogen (secondary N) is 1. The molecule has 1 aliphatic heterocycles. The Morgan fingerprint density at radius 2 is 2.14 bits per heavy atom. The third-order valence-electron chi connectivity index (χ3n) is 3.81. The summed E-state index contributed by atoms with van der Waals surface area (Å²) >= 11 is 0. The zero-order valence-electron chi connectivity index (χ0n) is 12.2. The molecule has 21 heavy (non-hydrogen) atoms. The van der Waals surface area contributed by atoms with Crippen molar-refractivity contribution in [1.82, 2.24) is 10.2 Å². The van der Waals surface area contributed by atoms with Crippen molar-refractivity contribution in [2.45, 2.75) is 25.4 Å². The number of carbonyl (C=O) groups excluding carboxylic acids is 1. The van der Waals surface area contributed by atoms with Crippen LogP contribution in [0, 0.1) is 11.6 Å². The van der Waals surface area contributed by atoms with E-state index in [-0.39, 0.29) is 23.9 Å². The zero-order chi connectivity index (χ0) is 15.4. The molecular formula is C15H20F2N2O2. The van der Waals surface area contributed by atoms with E-state index in [4.69, 9.17) is 4.74 Å². The highest BCUT2D eigenvalue weighted by molar-refractivity contribution is 5.77. The zero-order valence-corrected chi connectivity index (χ0v) is 12.2. The third kappa shape index (κ3) is 3.77. The number of amides is 1. The number of hydrogen-bond donors (Lipinski definition) is 1. The molecule has 6 heteroatoms. The SMILES string of the molecule is CC(c1c(F)cccc1F)N(C)C(=O)CC1COCCN1. The predicted octanol–water partition coefficient (Wildman–Crippen LogP) is 1.86. The van der Waals surface area contributed by atoms with Crippen molar-refractivity contribution in [3.05, 3.63) is 35.4 Å². The molecule has 0 aromatic heterocycles. The van der Waals surface area contributed by atoms with Crippen molar-refractivity contribution < 1.29 is 18.3 Å². The van der Waals surface area contributed by atoms with Gasteiger partial charge in [-0.2, -0.15) is 0 Å². The molecule has 0 saturated carbocycles. The van der Waals surface area contributed by atoms with Crippen LogP contribution in [0.25, 0.3) is 0 Å². The lowest BCUT2D eigenvalue weighted by Crippen LogP contribution is -2.45. The number of rotatable bonds is 4. The minimum absolute atomic E-state index is 0.0497. The highest BCUT2D eigenvalue weighted by atomic mass is 19.1. The quantitative estimate of drug-likeness (QED) is 0.922. The molecule has 0 bridgehead atoms. The molecule has 1 aliphatic rings. The van der Waals surface area contributed by atoms with Crippen LogP contribution in [0.15, 0.2) is 18.2 Å². The number of benzene rings is 1. The lowest BCUT2D eigenvalue weighted by atomic mass is 10.0. The Labute approximate surface area is 123 Å². The van der Waals surface area contributed by atoms with Gasteiger partial charge in [0.05, 0.1) is 19.3 Å². The van der Waals surface area contributed by atoms with E-state index in [1.807, 2.05) is 0 Å². The highest BCUT2D eigenvalue weighted by Gasteiger charge is 2.25. The van der Waals surface area contributed by atoms with E-state index >= 15 is 0 Å². The molecule has 0 radical (unpaired) electrons. The largest absolute Gasteiger partial charge is 0.378 e. The molecule has 0 spiro atoms. The maximum absolute atomic E-state index is 13.8. The van der Waals surface area contributed by atoms with E-state index in [1.54, 1.807) is 14.0 Å². The fraction of sp³-hybridized carbons (Fsp3) is 0.533. The third-order valence-corrected chi connectivity index (χ3v) is 3.81. The average Bonchev–Trinajstić information content (AvgIpc) is 2.47. The number of halogens is 2. The van der Waals surface area contributed by atoms with Gasteiger partial charge in [-0.1, -0.05) is 6.07 Å². The van der Waals surface area contributed by atoms with Crippen LogP contribution in [0.3, 0.4) is 0 Å². The lowest BCUT2D eigenvalue weighted by molar-refractivity contribution is -0.133. The molecule has 2 rings (SSSR count). The Kier molecular flexibility index (Phi) is 5.25. The maximum Gasteiger partial charge on any atom is 0.224 e. The minimum Gasteiger partial charge on any atom is -0.378 e. The normalized spacial score (nSPS) is 20.1. The number of carbonyl (C=O) groups is 1. The first kappa shape index (κ1) is 15.9. The monoisotopic (exact) mass is 298 g/mol. The molecule has 1 aromatic rings. The van der Waals surface area contributed by atoms with Crippen LogP contribution >= 0.6 is 0 Å². The molecular weight excluding hydrogens is 278 g/mol. The van der Waals surface area contributed by atoms with Crippen molar-refractivity contribution in [2.75, 3.05) is 26.8 Å². The van der Waals surface area contributed by atoms with Crippen LogP contribution in [-0.4, -0.2) is 43.7 Å². The first-order valence-electron chi connectivity index (χ1n) is 7.01.